The summed E-state index contributed by atoms with van der Waals surface area (Å²) >= 11 is 0. The van der Waals surface area contributed by atoms with E-state index in [0.29, 0.717) is 6.04 Å². The third kappa shape index (κ3) is 3.28. The standard InChI is InChI=1S/C13H24N4/c1-10-5-4-6-11(2)13(10)14-8-7-12-15-9-17(3)16-12/h9-11,13-14H,4-8H2,1-3H3. The van der Waals surface area contributed by atoms with E-state index in [1.165, 1.54) is 19.3 Å². The number of aryl methyl sites for hydroxylation is 1. The Hall–Kier alpha value is -0.900. The van der Waals surface area contributed by atoms with Crippen LogP contribution in [0.5, 0.6) is 0 Å². The number of rotatable bonds is 4. The Kier molecular flexibility index (Phi) is 4.15. The monoisotopic (exact) mass is 236 g/mol. The number of aromatic nitrogens is 3. The zero-order valence-electron chi connectivity index (χ0n) is 11.2. The molecule has 2 rings (SSSR count). The molecular weight excluding hydrogens is 212 g/mol. The molecule has 17 heavy (non-hydrogen) atoms. The van der Waals surface area contributed by atoms with E-state index < -0.39 is 0 Å². The molecule has 2 unspecified atom stereocenters. The lowest BCUT2D eigenvalue weighted by molar-refractivity contribution is 0.210. The summed E-state index contributed by atoms with van der Waals surface area (Å²) in [4.78, 5) is 4.25. The molecule has 1 saturated carbocycles. The molecule has 1 aliphatic rings. The first-order valence-corrected chi connectivity index (χ1v) is 6.74. The molecular formula is C13H24N4. The van der Waals surface area contributed by atoms with Crippen molar-refractivity contribution in [3.05, 3.63) is 12.2 Å². The summed E-state index contributed by atoms with van der Waals surface area (Å²) in [6.07, 6.45) is 6.81. The van der Waals surface area contributed by atoms with Crippen LogP contribution < -0.4 is 5.32 Å². The van der Waals surface area contributed by atoms with Gasteiger partial charge in [-0.2, -0.15) is 5.10 Å². The maximum Gasteiger partial charge on any atom is 0.151 e. The average molecular weight is 236 g/mol. The fraction of sp³-hybridized carbons (Fsp3) is 0.846. The zero-order valence-corrected chi connectivity index (χ0v) is 11.2. The molecule has 0 amide bonds. The molecule has 1 aromatic rings. The Bertz CT molecular complexity index is 337. The second kappa shape index (κ2) is 5.63. The molecule has 0 saturated heterocycles. The van der Waals surface area contributed by atoms with Gasteiger partial charge < -0.3 is 5.32 Å². The van der Waals surface area contributed by atoms with Gasteiger partial charge in [0.2, 0.25) is 0 Å². The molecule has 1 heterocycles. The van der Waals surface area contributed by atoms with Gasteiger partial charge in [-0.05, 0) is 24.7 Å². The Morgan fingerprint density at radius 2 is 2.06 bits per heavy atom. The van der Waals surface area contributed by atoms with Crippen LogP contribution in [0.2, 0.25) is 0 Å². The lowest BCUT2D eigenvalue weighted by Crippen LogP contribution is -2.43. The quantitative estimate of drug-likeness (QED) is 0.866. The molecule has 4 heteroatoms. The molecule has 0 aromatic carbocycles. The summed E-state index contributed by atoms with van der Waals surface area (Å²) in [5.41, 5.74) is 0. The highest BCUT2D eigenvalue weighted by Crippen LogP contribution is 2.28. The van der Waals surface area contributed by atoms with E-state index in [-0.39, 0.29) is 0 Å². The molecule has 4 nitrogen and oxygen atoms in total. The van der Waals surface area contributed by atoms with Gasteiger partial charge in [0.25, 0.3) is 0 Å². The fourth-order valence-corrected chi connectivity index (χ4v) is 2.93. The van der Waals surface area contributed by atoms with Crippen LogP contribution in [0.25, 0.3) is 0 Å². The van der Waals surface area contributed by atoms with Crippen molar-refractivity contribution in [2.45, 2.75) is 45.6 Å². The lowest BCUT2D eigenvalue weighted by Gasteiger charge is -2.35. The van der Waals surface area contributed by atoms with Crippen LogP contribution in [0, 0.1) is 11.8 Å². The van der Waals surface area contributed by atoms with Gasteiger partial charge in [0.05, 0.1) is 0 Å². The number of nitrogens with zero attached hydrogens (tertiary/aromatic N) is 3. The van der Waals surface area contributed by atoms with E-state index in [1.807, 2.05) is 7.05 Å². The van der Waals surface area contributed by atoms with Crippen LogP contribution in [0.4, 0.5) is 0 Å². The lowest BCUT2D eigenvalue weighted by atomic mass is 9.79. The van der Waals surface area contributed by atoms with Crippen LogP contribution in [-0.4, -0.2) is 27.4 Å². The van der Waals surface area contributed by atoms with Gasteiger partial charge in [-0.1, -0.05) is 20.3 Å². The normalized spacial score (nSPS) is 29.5. The van der Waals surface area contributed by atoms with E-state index in [2.05, 4.69) is 29.2 Å². The van der Waals surface area contributed by atoms with Gasteiger partial charge in [-0.25, -0.2) is 4.98 Å². The molecule has 0 bridgehead atoms. The molecule has 2 atom stereocenters. The number of hydrogen-bond acceptors (Lipinski definition) is 3. The van der Waals surface area contributed by atoms with Crippen molar-refractivity contribution in [3.63, 3.8) is 0 Å². The van der Waals surface area contributed by atoms with Crippen molar-refractivity contribution < 1.29 is 0 Å². The minimum Gasteiger partial charge on any atom is -0.313 e. The minimum atomic E-state index is 0.674. The van der Waals surface area contributed by atoms with Crippen molar-refractivity contribution in [1.82, 2.24) is 20.1 Å². The van der Waals surface area contributed by atoms with Crippen molar-refractivity contribution >= 4 is 0 Å². The van der Waals surface area contributed by atoms with Gasteiger partial charge in [-0.3, -0.25) is 4.68 Å². The van der Waals surface area contributed by atoms with Gasteiger partial charge in [0.15, 0.2) is 5.82 Å². The third-order valence-electron chi connectivity index (χ3n) is 3.92. The first-order valence-electron chi connectivity index (χ1n) is 6.74. The van der Waals surface area contributed by atoms with Gasteiger partial charge in [-0.15, -0.1) is 0 Å². The van der Waals surface area contributed by atoms with Crippen molar-refractivity contribution in [3.8, 4) is 0 Å². The van der Waals surface area contributed by atoms with Crippen LogP contribution in [-0.2, 0) is 13.5 Å². The molecule has 1 fully saturated rings. The van der Waals surface area contributed by atoms with Crippen molar-refractivity contribution in [2.75, 3.05) is 6.54 Å². The summed E-state index contributed by atoms with van der Waals surface area (Å²) < 4.78 is 1.77. The summed E-state index contributed by atoms with van der Waals surface area (Å²) in [6.45, 7) is 5.72. The maximum atomic E-state index is 4.30. The summed E-state index contributed by atoms with van der Waals surface area (Å²) in [5.74, 6) is 2.54. The molecule has 1 N–H and O–H groups in total. The Balaban J connectivity index is 1.77. The zero-order chi connectivity index (χ0) is 12.3. The third-order valence-corrected chi connectivity index (χ3v) is 3.92. The number of hydrogen-bond donors (Lipinski definition) is 1. The molecule has 1 aliphatic carbocycles. The second-order valence-corrected chi connectivity index (χ2v) is 5.45. The molecule has 0 spiro atoms. The highest BCUT2D eigenvalue weighted by molar-refractivity contribution is 4.86. The SMILES string of the molecule is CC1CCCC(C)C1NCCc1ncn(C)n1. The number of nitrogens with one attached hydrogen (secondary N) is 1. The molecule has 0 radical (unpaired) electrons. The second-order valence-electron chi connectivity index (χ2n) is 5.45. The van der Waals surface area contributed by atoms with Crippen molar-refractivity contribution in [1.29, 1.82) is 0 Å². The smallest absolute Gasteiger partial charge is 0.151 e. The van der Waals surface area contributed by atoms with E-state index in [0.717, 1.165) is 30.6 Å². The first-order chi connectivity index (χ1) is 8.16. The Morgan fingerprint density at radius 1 is 1.35 bits per heavy atom. The Labute approximate surface area is 104 Å². The summed E-state index contributed by atoms with van der Waals surface area (Å²) in [7, 11) is 1.91. The highest BCUT2D eigenvalue weighted by Gasteiger charge is 2.26. The van der Waals surface area contributed by atoms with Gasteiger partial charge in [0.1, 0.15) is 6.33 Å². The molecule has 0 aliphatic heterocycles. The summed E-state index contributed by atoms with van der Waals surface area (Å²) in [5, 5.41) is 7.99. The topological polar surface area (TPSA) is 42.7 Å². The largest absolute Gasteiger partial charge is 0.313 e. The van der Waals surface area contributed by atoms with Crippen LogP contribution in [0.3, 0.4) is 0 Å². The Morgan fingerprint density at radius 3 is 2.65 bits per heavy atom. The predicted molar refractivity (Wildman–Crippen MR) is 68.7 cm³/mol. The van der Waals surface area contributed by atoms with Crippen LogP contribution >= 0.6 is 0 Å². The average Bonchev–Trinajstić information content (AvgIpc) is 2.69. The van der Waals surface area contributed by atoms with E-state index >= 15 is 0 Å². The van der Waals surface area contributed by atoms with Gasteiger partial charge in [0, 0.05) is 26.1 Å². The first kappa shape index (κ1) is 12.6. The fourth-order valence-electron chi connectivity index (χ4n) is 2.93. The van der Waals surface area contributed by atoms with Crippen LogP contribution in [0.15, 0.2) is 6.33 Å². The molecule has 1 aromatic heterocycles. The molecule has 96 valence electrons. The predicted octanol–water partition coefficient (Wildman–Crippen LogP) is 1.77. The van der Waals surface area contributed by atoms with Gasteiger partial charge >= 0.3 is 0 Å². The van der Waals surface area contributed by atoms with Crippen molar-refractivity contribution in [2.24, 2.45) is 18.9 Å². The minimum absolute atomic E-state index is 0.674. The summed E-state index contributed by atoms with van der Waals surface area (Å²) in [6, 6.07) is 0.674. The van der Waals surface area contributed by atoms with E-state index in [4.69, 9.17) is 0 Å². The highest BCUT2D eigenvalue weighted by atomic mass is 15.3. The maximum absolute atomic E-state index is 4.30. The van der Waals surface area contributed by atoms with E-state index in [9.17, 15) is 0 Å². The van der Waals surface area contributed by atoms with E-state index in [1.54, 1.807) is 11.0 Å². The van der Waals surface area contributed by atoms with Crippen LogP contribution in [0.1, 0.15) is 38.9 Å².